The number of furan rings is 1. The van der Waals surface area contributed by atoms with E-state index in [0.717, 1.165) is 4.88 Å². The number of hydrogen-bond donors (Lipinski definition) is 2. The van der Waals surface area contributed by atoms with Gasteiger partial charge in [-0.3, -0.25) is 4.79 Å². The van der Waals surface area contributed by atoms with Crippen molar-refractivity contribution in [2.45, 2.75) is 18.4 Å². The maximum Gasteiger partial charge on any atom is 0.220 e. The number of allylic oxidation sites excluding steroid dienone is 1. The summed E-state index contributed by atoms with van der Waals surface area (Å²) in [7, 11) is 0. The minimum absolute atomic E-state index is 0.108. The minimum Gasteiger partial charge on any atom is -0.472 e. The van der Waals surface area contributed by atoms with E-state index in [0.29, 0.717) is 18.4 Å². The van der Waals surface area contributed by atoms with Crippen LogP contribution in [0.4, 0.5) is 0 Å². The molecule has 0 aliphatic carbocycles. The molecule has 2 N–H and O–H groups in total. The standard InChI is InChI=1S/C15H17NO3S/c1-2-3-6-14(17)16-11-15(18,12-7-8-19-10-12)13-5-4-9-20-13/h2,4-5,7-10,18H,1,3,6,11H2,(H,16,17). The summed E-state index contributed by atoms with van der Waals surface area (Å²) in [5.41, 5.74) is -0.630. The number of nitrogens with one attached hydrogen (secondary N) is 1. The summed E-state index contributed by atoms with van der Waals surface area (Å²) < 4.78 is 5.05. The van der Waals surface area contributed by atoms with Crippen molar-refractivity contribution in [1.29, 1.82) is 0 Å². The predicted molar refractivity (Wildman–Crippen MR) is 78.5 cm³/mol. The number of carbonyl (C=O) groups is 1. The third-order valence-electron chi connectivity index (χ3n) is 3.04. The average Bonchev–Trinajstić information content (AvgIpc) is 3.14. The van der Waals surface area contributed by atoms with Crippen LogP contribution in [-0.2, 0) is 10.4 Å². The van der Waals surface area contributed by atoms with Gasteiger partial charge in [-0.25, -0.2) is 0 Å². The van der Waals surface area contributed by atoms with Gasteiger partial charge in [0.1, 0.15) is 5.60 Å². The molecule has 1 unspecified atom stereocenters. The molecule has 0 radical (unpaired) electrons. The van der Waals surface area contributed by atoms with E-state index >= 15 is 0 Å². The van der Waals surface area contributed by atoms with Crippen molar-refractivity contribution >= 4 is 17.2 Å². The van der Waals surface area contributed by atoms with E-state index in [2.05, 4.69) is 11.9 Å². The summed E-state index contributed by atoms with van der Waals surface area (Å²) in [6.07, 6.45) is 5.69. The summed E-state index contributed by atoms with van der Waals surface area (Å²) in [5, 5.41) is 15.6. The van der Waals surface area contributed by atoms with E-state index in [1.807, 2.05) is 17.5 Å². The lowest BCUT2D eigenvalue weighted by molar-refractivity contribution is -0.122. The molecule has 0 aliphatic heterocycles. The number of carbonyl (C=O) groups excluding carboxylic acids is 1. The summed E-state index contributed by atoms with van der Waals surface area (Å²) >= 11 is 1.44. The van der Waals surface area contributed by atoms with Crippen molar-refractivity contribution in [1.82, 2.24) is 5.32 Å². The maximum absolute atomic E-state index is 11.7. The quantitative estimate of drug-likeness (QED) is 0.771. The fraction of sp³-hybridized carbons (Fsp3) is 0.267. The average molecular weight is 291 g/mol. The van der Waals surface area contributed by atoms with E-state index in [-0.39, 0.29) is 12.5 Å². The van der Waals surface area contributed by atoms with Crippen molar-refractivity contribution in [2.24, 2.45) is 0 Å². The first-order valence-electron chi connectivity index (χ1n) is 6.33. The predicted octanol–water partition coefficient (Wildman–Crippen LogP) is 2.66. The second kappa shape index (κ2) is 6.54. The van der Waals surface area contributed by atoms with Gasteiger partial charge in [0, 0.05) is 16.9 Å². The molecule has 1 amide bonds. The topological polar surface area (TPSA) is 62.5 Å². The monoisotopic (exact) mass is 291 g/mol. The van der Waals surface area contributed by atoms with Crippen LogP contribution >= 0.6 is 11.3 Å². The van der Waals surface area contributed by atoms with Gasteiger partial charge in [0.25, 0.3) is 0 Å². The first-order valence-corrected chi connectivity index (χ1v) is 7.21. The van der Waals surface area contributed by atoms with Gasteiger partial charge in [-0.1, -0.05) is 12.1 Å². The van der Waals surface area contributed by atoms with Gasteiger partial charge in [0.2, 0.25) is 5.91 Å². The van der Waals surface area contributed by atoms with Gasteiger partial charge in [-0.2, -0.15) is 0 Å². The lowest BCUT2D eigenvalue weighted by atomic mass is 9.94. The molecule has 20 heavy (non-hydrogen) atoms. The summed E-state index contributed by atoms with van der Waals surface area (Å²) in [6, 6.07) is 5.41. The van der Waals surface area contributed by atoms with Crippen molar-refractivity contribution in [3.8, 4) is 0 Å². The van der Waals surface area contributed by atoms with Gasteiger partial charge in [0.05, 0.1) is 19.1 Å². The molecule has 0 aromatic carbocycles. The summed E-state index contributed by atoms with van der Waals surface area (Å²) in [4.78, 5) is 12.5. The van der Waals surface area contributed by atoms with E-state index < -0.39 is 5.60 Å². The molecular formula is C15H17NO3S. The molecule has 0 fully saturated rings. The van der Waals surface area contributed by atoms with E-state index in [1.165, 1.54) is 23.9 Å². The Morgan fingerprint density at radius 1 is 1.55 bits per heavy atom. The molecular weight excluding hydrogens is 274 g/mol. The Labute approximate surface area is 121 Å². The molecule has 2 aromatic heterocycles. The second-order valence-corrected chi connectivity index (χ2v) is 5.40. The Balaban J connectivity index is 2.13. The highest BCUT2D eigenvalue weighted by Gasteiger charge is 2.34. The van der Waals surface area contributed by atoms with Gasteiger partial charge < -0.3 is 14.8 Å². The minimum atomic E-state index is -1.26. The lowest BCUT2D eigenvalue weighted by Gasteiger charge is -2.26. The van der Waals surface area contributed by atoms with E-state index in [9.17, 15) is 9.90 Å². The number of amides is 1. The van der Waals surface area contributed by atoms with Gasteiger partial charge in [0.15, 0.2) is 0 Å². The highest BCUT2D eigenvalue weighted by atomic mass is 32.1. The van der Waals surface area contributed by atoms with Crippen molar-refractivity contribution in [3.05, 3.63) is 59.2 Å². The number of thiophene rings is 1. The Kier molecular flexibility index (Phi) is 4.76. The second-order valence-electron chi connectivity index (χ2n) is 4.45. The molecule has 2 rings (SSSR count). The maximum atomic E-state index is 11.7. The van der Waals surface area contributed by atoms with Gasteiger partial charge in [-0.05, 0) is 23.9 Å². The van der Waals surface area contributed by atoms with Gasteiger partial charge >= 0.3 is 0 Å². The molecule has 5 heteroatoms. The molecule has 106 valence electrons. The third kappa shape index (κ3) is 3.18. The number of aliphatic hydroxyl groups is 1. The molecule has 0 bridgehead atoms. The van der Waals surface area contributed by atoms with Crippen LogP contribution in [0.1, 0.15) is 23.3 Å². The first-order chi connectivity index (χ1) is 9.66. The zero-order valence-corrected chi connectivity index (χ0v) is 11.9. The molecule has 0 saturated heterocycles. The molecule has 2 aromatic rings. The zero-order chi connectivity index (χ0) is 14.4. The molecule has 1 atom stereocenters. The number of hydrogen-bond acceptors (Lipinski definition) is 4. The SMILES string of the molecule is C=CCCC(=O)NCC(O)(c1ccoc1)c1cccs1. The van der Waals surface area contributed by atoms with Gasteiger partial charge in [-0.15, -0.1) is 17.9 Å². The lowest BCUT2D eigenvalue weighted by Crippen LogP contribution is -2.40. The van der Waals surface area contributed by atoms with Crippen molar-refractivity contribution in [2.75, 3.05) is 6.54 Å². The Bertz CT molecular complexity index is 511. The summed E-state index contributed by atoms with van der Waals surface area (Å²) in [6.45, 7) is 3.70. The van der Waals surface area contributed by atoms with Crippen molar-refractivity contribution in [3.63, 3.8) is 0 Å². The van der Waals surface area contributed by atoms with Crippen LogP contribution in [0.2, 0.25) is 0 Å². The molecule has 2 heterocycles. The zero-order valence-electron chi connectivity index (χ0n) is 11.0. The van der Waals surface area contributed by atoms with Crippen LogP contribution in [0.3, 0.4) is 0 Å². The fourth-order valence-corrected chi connectivity index (χ4v) is 2.74. The number of rotatable bonds is 7. The normalized spacial score (nSPS) is 13.7. The highest BCUT2D eigenvalue weighted by Crippen LogP contribution is 2.32. The molecule has 0 spiro atoms. The molecule has 0 saturated carbocycles. The van der Waals surface area contributed by atoms with E-state index in [1.54, 1.807) is 12.1 Å². The van der Waals surface area contributed by atoms with Crippen molar-refractivity contribution < 1.29 is 14.3 Å². The Morgan fingerprint density at radius 3 is 3.00 bits per heavy atom. The molecule has 4 nitrogen and oxygen atoms in total. The van der Waals surface area contributed by atoms with E-state index in [4.69, 9.17) is 4.42 Å². The summed E-state index contributed by atoms with van der Waals surface area (Å²) in [5.74, 6) is -0.108. The fourth-order valence-electron chi connectivity index (χ4n) is 1.89. The third-order valence-corrected chi connectivity index (χ3v) is 4.07. The Morgan fingerprint density at radius 2 is 2.40 bits per heavy atom. The van der Waals surface area contributed by atoms with Crippen LogP contribution in [0.25, 0.3) is 0 Å². The molecule has 0 aliphatic rings. The largest absolute Gasteiger partial charge is 0.472 e. The smallest absolute Gasteiger partial charge is 0.220 e. The van der Waals surface area contributed by atoms with Crippen LogP contribution in [0.15, 0.2) is 53.2 Å². The van der Waals surface area contributed by atoms with Crippen LogP contribution in [0, 0.1) is 0 Å². The van der Waals surface area contributed by atoms with Crippen LogP contribution < -0.4 is 5.32 Å². The Hall–Kier alpha value is -1.85. The van der Waals surface area contributed by atoms with Crippen LogP contribution in [0.5, 0.6) is 0 Å². The first kappa shape index (κ1) is 14.6. The van der Waals surface area contributed by atoms with Crippen LogP contribution in [-0.4, -0.2) is 17.6 Å². The highest BCUT2D eigenvalue weighted by molar-refractivity contribution is 7.10.